The predicted octanol–water partition coefficient (Wildman–Crippen LogP) is 3.75. The number of aromatic nitrogens is 1. The van der Waals surface area contributed by atoms with E-state index < -0.39 is 22.6 Å². The number of rotatable bonds is 8. The molecule has 0 spiro atoms. The van der Waals surface area contributed by atoms with Gasteiger partial charge in [0.2, 0.25) is 0 Å². The summed E-state index contributed by atoms with van der Waals surface area (Å²) in [5, 5.41) is 8.83. The molecule has 0 saturated heterocycles. The highest BCUT2D eigenvalue weighted by molar-refractivity contribution is 7.92. The number of nitrogens with zero attached hydrogens (tertiary/aromatic N) is 1. The quantitative estimate of drug-likeness (QED) is 0.561. The van der Waals surface area contributed by atoms with Crippen LogP contribution in [0, 0.1) is 13.8 Å². The summed E-state index contributed by atoms with van der Waals surface area (Å²) in [6.07, 6.45) is 3.21. The minimum atomic E-state index is -3.92. The Balaban J connectivity index is 1.79. The SMILES string of the molecule is Cc1ccc(S(=O)(=O)Nc2ccc(Oc3ccncc3)cc2)c(C)c1OCC(=O)O. The van der Waals surface area contributed by atoms with E-state index >= 15 is 0 Å². The van der Waals surface area contributed by atoms with Crippen molar-refractivity contribution in [2.24, 2.45) is 0 Å². The second kappa shape index (κ2) is 8.83. The molecule has 0 amide bonds. The number of carboxylic acid groups (broad SMARTS) is 1. The fourth-order valence-electron chi connectivity index (χ4n) is 2.80. The summed E-state index contributed by atoms with van der Waals surface area (Å²) in [7, 11) is -3.92. The highest BCUT2D eigenvalue weighted by Crippen LogP contribution is 2.30. The number of hydrogen-bond acceptors (Lipinski definition) is 6. The van der Waals surface area contributed by atoms with E-state index in [1.54, 1.807) is 68.7 Å². The topological polar surface area (TPSA) is 115 Å². The molecule has 0 bridgehead atoms. The number of hydrogen-bond donors (Lipinski definition) is 2. The lowest BCUT2D eigenvalue weighted by Gasteiger charge is -2.16. The van der Waals surface area contributed by atoms with Gasteiger partial charge in [0, 0.05) is 23.6 Å². The summed E-state index contributed by atoms with van der Waals surface area (Å²) >= 11 is 0. The third kappa shape index (κ3) is 5.06. The molecule has 0 fully saturated rings. The van der Waals surface area contributed by atoms with Crippen molar-refractivity contribution < 1.29 is 27.8 Å². The van der Waals surface area contributed by atoms with Crippen molar-refractivity contribution >= 4 is 21.7 Å². The fraction of sp³-hybridized carbons (Fsp3) is 0.143. The minimum absolute atomic E-state index is 0.00519. The van der Waals surface area contributed by atoms with E-state index in [4.69, 9.17) is 14.6 Å². The van der Waals surface area contributed by atoms with E-state index in [0.29, 0.717) is 28.3 Å². The molecular weight excluding hydrogens is 408 g/mol. The number of carbonyl (C=O) groups is 1. The number of carboxylic acids is 1. The van der Waals surface area contributed by atoms with Gasteiger partial charge < -0.3 is 14.6 Å². The number of sulfonamides is 1. The van der Waals surface area contributed by atoms with Crippen LogP contribution in [-0.2, 0) is 14.8 Å². The maximum atomic E-state index is 12.9. The second-order valence-electron chi connectivity index (χ2n) is 6.43. The zero-order valence-electron chi connectivity index (χ0n) is 16.3. The first-order valence-corrected chi connectivity index (χ1v) is 10.4. The first-order valence-electron chi connectivity index (χ1n) is 8.92. The summed E-state index contributed by atoms with van der Waals surface area (Å²) in [6.45, 7) is 2.73. The van der Waals surface area contributed by atoms with Crippen LogP contribution in [0.15, 0.2) is 65.8 Å². The lowest BCUT2D eigenvalue weighted by atomic mass is 10.1. The van der Waals surface area contributed by atoms with E-state index in [0.717, 1.165) is 0 Å². The Morgan fingerprint density at radius 1 is 1.00 bits per heavy atom. The average Bonchev–Trinajstić information content (AvgIpc) is 2.69. The van der Waals surface area contributed by atoms with Gasteiger partial charge in [0.05, 0.1) is 4.90 Å². The molecule has 2 aromatic carbocycles. The maximum Gasteiger partial charge on any atom is 0.341 e. The van der Waals surface area contributed by atoms with Crippen LogP contribution in [0.3, 0.4) is 0 Å². The van der Waals surface area contributed by atoms with Gasteiger partial charge in [-0.1, -0.05) is 6.07 Å². The number of ether oxygens (including phenoxy) is 2. The van der Waals surface area contributed by atoms with Crippen molar-refractivity contribution in [3.63, 3.8) is 0 Å². The average molecular weight is 428 g/mol. The number of benzene rings is 2. The summed E-state index contributed by atoms with van der Waals surface area (Å²) < 4.78 is 39.2. The lowest BCUT2D eigenvalue weighted by molar-refractivity contribution is -0.139. The summed E-state index contributed by atoms with van der Waals surface area (Å²) in [6, 6.07) is 12.9. The Bertz CT molecular complexity index is 1150. The summed E-state index contributed by atoms with van der Waals surface area (Å²) in [5.41, 5.74) is 1.33. The molecule has 0 radical (unpaired) electrons. The molecule has 2 N–H and O–H groups in total. The van der Waals surface area contributed by atoms with E-state index in [1.165, 1.54) is 6.07 Å². The highest BCUT2D eigenvalue weighted by Gasteiger charge is 2.21. The van der Waals surface area contributed by atoms with E-state index in [2.05, 4.69) is 9.71 Å². The van der Waals surface area contributed by atoms with Gasteiger partial charge in [-0.2, -0.15) is 0 Å². The van der Waals surface area contributed by atoms with Gasteiger partial charge in [-0.3, -0.25) is 9.71 Å². The number of pyridine rings is 1. The molecule has 156 valence electrons. The predicted molar refractivity (Wildman–Crippen MR) is 111 cm³/mol. The van der Waals surface area contributed by atoms with Crippen LogP contribution in [0.2, 0.25) is 0 Å². The van der Waals surface area contributed by atoms with Crippen LogP contribution in [0.5, 0.6) is 17.2 Å². The fourth-order valence-corrected chi connectivity index (χ4v) is 4.10. The van der Waals surface area contributed by atoms with Crippen molar-refractivity contribution in [3.05, 3.63) is 72.1 Å². The van der Waals surface area contributed by atoms with Gasteiger partial charge in [-0.05, 0) is 61.9 Å². The van der Waals surface area contributed by atoms with Gasteiger partial charge in [0.1, 0.15) is 17.2 Å². The van der Waals surface area contributed by atoms with E-state index in [1.807, 2.05) is 0 Å². The first-order chi connectivity index (χ1) is 14.3. The Hall–Kier alpha value is -3.59. The van der Waals surface area contributed by atoms with Crippen molar-refractivity contribution in [2.45, 2.75) is 18.7 Å². The second-order valence-corrected chi connectivity index (χ2v) is 8.08. The number of anilines is 1. The van der Waals surface area contributed by atoms with Gasteiger partial charge in [0.25, 0.3) is 10.0 Å². The Labute approximate surface area is 174 Å². The van der Waals surface area contributed by atoms with Crippen LogP contribution in [0.25, 0.3) is 0 Å². The summed E-state index contributed by atoms with van der Waals surface area (Å²) in [5.74, 6) is 0.248. The molecule has 9 heteroatoms. The third-order valence-corrected chi connectivity index (χ3v) is 5.70. The Kier molecular flexibility index (Phi) is 6.22. The van der Waals surface area contributed by atoms with Crippen molar-refractivity contribution in [2.75, 3.05) is 11.3 Å². The molecule has 0 saturated carbocycles. The number of aliphatic carboxylic acids is 1. The Morgan fingerprint density at radius 3 is 2.27 bits per heavy atom. The molecule has 0 aliphatic rings. The standard InChI is InChI=1S/C21H20N2O6S/c1-14-3-8-19(15(2)21(14)28-13-20(24)25)30(26,27)23-16-4-6-17(7-5-16)29-18-9-11-22-12-10-18/h3-12,23H,13H2,1-2H3,(H,24,25). The van der Waals surface area contributed by atoms with Crippen LogP contribution >= 0.6 is 0 Å². The molecule has 0 atom stereocenters. The van der Waals surface area contributed by atoms with Crippen LogP contribution in [0.1, 0.15) is 11.1 Å². The monoisotopic (exact) mass is 428 g/mol. The highest BCUT2D eigenvalue weighted by atomic mass is 32.2. The summed E-state index contributed by atoms with van der Waals surface area (Å²) in [4.78, 5) is 14.7. The van der Waals surface area contributed by atoms with Gasteiger partial charge in [0.15, 0.2) is 6.61 Å². The van der Waals surface area contributed by atoms with Crippen molar-refractivity contribution in [1.29, 1.82) is 0 Å². The number of aryl methyl sites for hydroxylation is 1. The number of nitrogens with one attached hydrogen (secondary N) is 1. The van der Waals surface area contributed by atoms with E-state index in [9.17, 15) is 13.2 Å². The van der Waals surface area contributed by atoms with Gasteiger partial charge in [-0.25, -0.2) is 13.2 Å². The van der Waals surface area contributed by atoms with Crippen molar-refractivity contribution in [3.8, 4) is 17.2 Å². The molecule has 3 aromatic rings. The zero-order chi connectivity index (χ0) is 21.7. The molecule has 3 rings (SSSR count). The molecule has 1 heterocycles. The Morgan fingerprint density at radius 2 is 1.63 bits per heavy atom. The van der Waals surface area contributed by atoms with Gasteiger partial charge >= 0.3 is 5.97 Å². The van der Waals surface area contributed by atoms with Gasteiger partial charge in [-0.15, -0.1) is 0 Å². The molecule has 0 aliphatic heterocycles. The van der Waals surface area contributed by atoms with Crippen LogP contribution in [0.4, 0.5) is 5.69 Å². The molecule has 1 aromatic heterocycles. The largest absolute Gasteiger partial charge is 0.481 e. The third-order valence-electron chi connectivity index (χ3n) is 4.17. The molecule has 0 aliphatic carbocycles. The smallest absolute Gasteiger partial charge is 0.341 e. The molecular formula is C21H20N2O6S. The molecule has 0 unspecified atom stereocenters. The van der Waals surface area contributed by atoms with E-state index in [-0.39, 0.29) is 10.6 Å². The molecule has 30 heavy (non-hydrogen) atoms. The molecule has 8 nitrogen and oxygen atoms in total. The maximum absolute atomic E-state index is 12.9. The van der Waals surface area contributed by atoms with Crippen LogP contribution in [-0.4, -0.2) is 31.1 Å². The normalized spacial score (nSPS) is 11.0. The van der Waals surface area contributed by atoms with Crippen molar-refractivity contribution in [1.82, 2.24) is 4.98 Å². The van der Waals surface area contributed by atoms with Crippen LogP contribution < -0.4 is 14.2 Å². The zero-order valence-corrected chi connectivity index (χ0v) is 17.1. The minimum Gasteiger partial charge on any atom is -0.481 e. The first kappa shape index (κ1) is 21.1. The lowest BCUT2D eigenvalue weighted by Crippen LogP contribution is -2.16.